The van der Waals surface area contributed by atoms with Gasteiger partial charge in [0.1, 0.15) is 10.1 Å². The zero-order chi connectivity index (χ0) is 20.3. The Morgan fingerprint density at radius 1 is 0.767 bits per heavy atom. The van der Waals surface area contributed by atoms with Gasteiger partial charge in [0, 0.05) is 22.2 Å². The maximum absolute atomic E-state index is 13.1. The van der Waals surface area contributed by atoms with Gasteiger partial charge in [-0.1, -0.05) is 54.6 Å². The zero-order valence-corrected chi connectivity index (χ0v) is 18.4. The summed E-state index contributed by atoms with van der Waals surface area (Å²) in [6.07, 6.45) is 0. The van der Waals surface area contributed by atoms with Crippen LogP contribution < -0.4 is 44.3 Å². The van der Waals surface area contributed by atoms with Gasteiger partial charge in [0.25, 0.3) is 0 Å². The van der Waals surface area contributed by atoms with E-state index in [2.05, 4.69) is 0 Å². The van der Waals surface area contributed by atoms with Crippen molar-refractivity contribution in [3.63, 3.8) is 0 Å². The van der Waals surface area contributed by atoms with Crippen LogP contribution in [0.2, 0.25) is 0 Å². The van der Waals surface area contributed by atoms with Crippen LogP contribution in [0.1, 0.15) is 31.8 Å². The van der Waals surface area contributed by atoms with Crippen LogP contribution in [-0.2, 0) is 10.1 Å². The molecule has 3 aromatic carbocycles. The van der Waals surface area contributed by atoms with Crippen molar-refractivity contribution < 1.29 is 61.4 Å². The molecule has 1 heterocycles. The third-order valence-electron chi connectivity index (χ3n) is 4.88. The Morgan fingerprint density at radius 3 is 1.97 bits per heavy atom. The fraction of sp³-hybridized carbons (Fsp3) is 0. The molecule has 1 aliphatic heterocycles. The van der Waals surface area contributed by atoms with E-state index in [1.165, 1.54) is 12.1 Å². The molecule has 1 aliphatic carbocycles. The molecule has 0 spiro atoms. The molecule has 142 valence electrons. The molecule has 0 atom stereocenters. The summed E-state index contributed by atoms with van der Waals surface area (Å²) in [7, 11) is -6.06. The fourth-order valence-electron chi connectivity index (χ4n) is 3.57. The van der Waals surface area contributed by atoms with E-state index >= 15 is 0 Å². The van der Waals surface area contributed by atoms with Crippen LogP contribution >= 0.6 is 0 Å². The monoisotopic (exact) mass is 428 g/mol. The predicted octanol–water partition coefficient (Wildman–Crippen LogP) is -1.46. The van der Waals surface area contributed by atoms with E-state index in [4.69, 9.17) is 9.31 Å². The molecule has 0 saturated heterocycles. The van der Waals surface area contributed by atoms with Gasteiger partial charge in [0.15, 0.2) is 23.1 Å². The van der Waals surface area contributed by atoms with Gasteiger partial charge in [0.2, 0.25) is 0 Å². The molecule has 0 unspecified atom stereocenters. The number of carbonyl (C=O) groups excluding carboxylic acids is 2. The number of ketones is 2. The molecular weight excluding hydrogens is 418 g/mol. The molecule has 0 saturated carbocycles. The molecule has 0 bridgehead atoms. The Morgan fingerprint density at radius 2 is 1.33 bits per heavy atom. The Kier molecular flexibility index (Phi) is 5.12. The van der Waals surface area contributed by atoms with Crippen LogP contribution in [0.4, 0.5) is 0 Å². The normalized spacial score (nSPS) is 14.1. The van der Waals surface area contributed by atoms with Crippen molar-refractivity contribution in [1.82, 2.24) is 0 Å². The molecule has 0 fully saturated rings. The molecule has 2 aliphatic rings. The van der Waals surface area contributed by atoms with Crippen molar-refractivity contribution >= 4 is 34.3 Å². The van der Waals surface area contributed by atoms with Crippen molar-refractivity contribution in [2.75, 3.05) is 0 Å². The number of rotatable bonds is 2. The second-order valence-corrected chi connectivity index (χ2v) is 7.94. The van der Waals surface area contributed by atoms with Crippen molar-refractivity contribution in [2.24, 2.45) is 0 Å². The minimum absolute atomic E-state index is 0. The van der Waals surface area contributed by atoms with E-state index in [0.29, 0.717) is 5.46 Å². The SMILES string of the molecule is O=C1c2ccccc2C(=O)c2c1cc(S(=O)(=O)[O-])c1c2OB(c2ccccc2)O1.[Na+]. The Bertz CT molecular complexity index is 1320. The fourth-order valence-corrected chi connectivity index (χ4v) is 4.20. The number of fused-ring (bicyclic) bond motifs is 4. The van der Waals surface area contributed by atoms with Gasteiger partial charge in [0.05, 0.1) is 10.5 Å². The third-order valence-corrected chi connectivity index (χ3v) is 5.72. The van der Waals surface area contributed by atoms with E-state index in [9.17, 15) is 22.6 Å². The van der Waals surface area contributed by atoms with E-state index in [0.717, 1.165) is 6.07 Å². The Hall–Kier alpha value is -2.43. The van der Waals surface area contributed by atoms with Crippen molar-refractivity contribution in [2.45, 2.75) is 4.90 Å². The zero-order valence-electron chi connectivity index (χ0n) is 15.6. The third kappa shape index (κ3) is 3.10. The van der Waals surface area contributed by atoms with Crippen LogP contribution in [0.25, 0.3) is 0 Å². The molecule has 10 heteroatoms. The summed E-state index contributed by atoms with van der Waals surface area (Å²) in [5.74, 6) is -1.62. The van der Waals surface area contributed by atoms with E-state index in [-0.39, 0.29) is 63.3 Å². The smallest absolute Gasteiger partial charge is 0.744 e. The molecule has 7 nitrogen and oxygen atoms in total. The maximum atomic E-state index is 13.1. The molecule has 0 amide bonds. The van der Waals surface area contributed by atoms with Gasteiger partial charge in [-0.2, -0.15) is 0 Å². The van der Waals surface area contributed by atoms with Gasteiger partial charge < -0.3 is 13.9 Å². The average Bonchev–Trinajstić information content (AvgIpc) is 3.16. The van der Waals surface area contributed by atoms with Crippen molar-refractivity contribution in [3.05, 3.63) is 82.9 Å². The largest absolute Gasteiger partial charge is 1.00 e. The minimum Gasteiger partial charge on any atom is -0.744 e. The molecule has 30 heavy (non-hydrogen) atoms. The first-order valence-corrected chi connectivity index (χ1v) is 10.0. The predicted molar refractivity (Wildman–Crippen MR) is 101 cm³/mol. The van der Waals surface area contributed by atoms with Gasteiger partial charge in [-0.05, 0) is 6.07 Å². The first kappa shape index (κ1) is 20.8. The number of hydrogen-bond donors (Lipinski definition) is 0. The van der Waals surface area contributed by atoms with E-state index < -0.39 is 33.7 Å². The molecule has 5 rings (SSSR count). The summed E-state index contributed by atoms with van der Waals surface area (Å²) in [6.45, 7) is 0. The topological polar surface area (TPSA) is 110 Å². The maximum Gasteiger partial charge on any atom is 1.00 e. The number of carbonyl (C=O) groups is 2. The Labute approximate surface area is 194 Å². The molecule has 0 N–H and O–H groups in total. The summed E-state index contributed by atoms with van der Waals surface area (Å²) in [5, 5.41) is 0. The first-order valence-electron chi connectivity index (χ1n) is 8.60. The van der Waals surface area contributed by atoms with E-state index in [1.54, 1.807) is 42.5 Å². The van der Waals surface area contributed by atoms with E-state index in [1.807, 2.05) is 0 Å². The second-order valence-electron chi connectivity index (χ2n) is 6.59. The van der Waals surface area contributed by atoms with Crippen LogP contribution in [0, 0.1) is 0 Å². The molecule has 3 aromatic rings. The first-order chi connectivity index (χ1) is 13.9. The summed E-state index contributed by atoms with van der Waals surface area (Å²) < 4.78 is 47.0. The van der Waals surface area contributed by atoms with Crippen LogP contribution in [0.15, 0.2) is 65.6 Å². The average molecular weight is 428 g/mol. The van der Waals surface area contributed by atoms with Gasteiger partial charge in [-0.25, -0.2) is 8.42 Å². The summed E-state index contributed by atoms with van der Waals surface area (Å²) in [4.78, 5) is 25.3. The molecule has 0 radical (unpaired) electrons. The summed E-state index contributed by atoms with van der Waals surface area (Å²) in [6, 6.07) is 15.7. The van der Waals surface area contributed by atoms with Crippen molar-refractivity contribution in [1.29, 1.82) is 0 Å². The second kappa shape index (κ2) is 7.37. The minimum atomic E-state index is -5.00. The van der Waals surface area contributed by atoms with Crippen molar-refractivity contribution in [3.8, 4) is 11.5 Å². The number of benzene rings is 3. The van der Waals surface area contributed by atoms with Crippen LogP contribution in [-0.4, -0.2) is 31.7 Å². The molecular formula is C20H10BNaO7S. The standard InChI is InChI=1S/C20H11BO7S.Na/c22-17-12-8-4-5-9-13(12)18(23)16-14(17)10-15(29(24,25)26)19-20(16)28-21(27-19)11-6-2-1-3-7-11;/h1-10H,(H,24,25,26);/q;+1/p-1. The van der Waals surface area contributed by atoms with Crippen LogP contribution in [0.3, 0.4) is 0 Å². The molecule has 0 aromatic heterocycles. The van der Waals surface area contributed by atoms with Crippen LogP contribution in [0.5, 0.6) is 11.5 Å². The summed E-state index contributed by atoms with van der Waals surface area (Å²) in [5.41, 5.74) is 0.574. The van der Waals surface area contributed by atoms with Gasteiger partial charge >= 0.3 is 36.7 Å². The Balaban J connectivity index is 0.00000218. The summed E-state index contributed by atoms with van der Waals surface area (Å²) >= 11 is 0. The van der Waals surface area contributed by atoms with Gasteiger partial charge in [-0.3, -0.25) is 9.59 Å². The number of hydrogen-bond acceptors (Lipinski definition) is 7. The van der Waals surface area contributed by atoms with Gasteiger partial charge in [-0.15, -0.1) is 0 Å². The quantitative estimate of drug-likeness (QED) is 0.284.